The predicted octanol–water partition coefficient (Wildman–Crippen LogP) is 2.60. The second kappa shape index (κ2) is 6.65. The van der Waals surface area contributed by atoms with Gasteiger partial charge in [0.1, 0.15) is 12.4 Å². The summed E-state index contributed by atoms with van der Waals surface area (Å²) in [5, 5.41) is 3.39. The first-order chi connectivity index (χ1) is 10.6. The normalized spacial score (nSPS) is 23.1. The second-order valence-corrected chi connectivity index (χ2v) is 6.68. The zero-order chi connectivity index (χ0) is 15.5. The summed E-state index contributed by atoms with van der Waals surface area (Å²) in [5.41, 5.74) is 1.25. The topological polar surface area (TPSA) is 54.5 Å². The Balaban J connectivity index is 1.69. The van der Waals surface area contributed by atoms with E-state index in [1.807, 2.05) is 12.3 Å². The Morgan fingerprint density at radius 2 is 2.14 bits per heavy atom. The molecule has 1 amide bonds. The Morgan fingerprint density at radius 3 is 2.77 bits per heavy atom. The van der Waals surface area contributed by atoms with E-state index in [1.54, 1.807) is 4.90 Å². The van der Waals surface area contributed by atoms with Gasteiger partial charge in [-0.25, -0.2) is 9.78 Å². The number of hydrogen-bond acceptors (Lipinski definition) is 4. The van der Waals surface area contributed by atoms with Crippen LogP contribution in [0.5, 0.6) is 0 Å². The summed E-state index contributed by atoms with van der Waals surface area (Å²) in [4.78, 5) is 18.2. The Bertz CT molecular complexity index is 509. The fourth-order valence-corrected chi connectivity index (χ4v) is 3.29. The second-order valence-electron chi connectivity index (χ2n) is 6.68. The summed E-state index contributed by atoms with van der Waals surface area (Å²) in [6.45, 7) is 6.89. The largest absolute Gasteiger partial charge is 0.447 e. The minimum absolute atomic E-state index is 0.0790. The molecule has 0 unspecified atom stereocenters. The van der Waals surface area contributed by atoms with E-state index in [9.17, 15) is 4.79 Å². The average Bonchev–Trinajstić information content (AvgIpc) is 2.91. The molecule has 2 aliphatic heterocycles. The van der Waals surface area contributed by atoms with Crippen LogP contribution < -0.4 is 10.2 Å². The molecule has 2 aliphatic rings. The molecule has 2 fully saturated rings. The van der Waals surface area contributed by atoms with Crippen molar-refractivity contribution in [2.24, 2.45) is 11.8 Å². The van der Waals surface area contributed by atoms with Crippen molar-refractivity contribution in [1.29, 1.82) is 0 Å². The molecular weight excluding hydrogens is 278 g/mol. The molecule has 3 rings (SSSR count). The maximum absolute atomic E-state index is 11.9. The summed E-state index contributed by atoms with van der Waals surface area (Å²) in [6.07, 6.45) is 5.18. The molecule has 1 aromatic rings. The molecule has 22 heavy (non-hydrogen) atoms. The van der Waals surface area contributed by atoms with Crippen molar-refractivity contribution >= 4 is 11.9 Å². The molecular formula is C17H25N3O2. The van der Waals surface area contributed by atoms with E-state index in [0.717, 1.165) is 25.4 Å². The van der Waals surface area contributed by atoms with Crippen LogP contribution in [0.15, 0.2) is 18.3 Å². The van der Waals surface area contributed by atoms with Gasteiger partial charge in [-0.1, -0.05) is 19.9 Å². The third-order valence-corrected chi connectivity index (χ3v) is 4.71. The monoisotopic (exact) mass is 303 g/mol. The van der Waals surface area contributed by atoms with Gasteiger partial charge in [-0.3, -0.25) is 4.90 Å². The Hall–Kier alpha value is -1.62. The average molecular weight is 303 g/mol. The highest BCUT2D eigenvalue weighted by molar-refractivity contribution is 5.89. The summed E-state index contributed by atoms with van der Waals surface area (Å²) in [6, 6.07) is 4.14. The van der Waals surface area contributed by atoms with Gasteiger partial charge < -0.3 is 10.1 Å². The molecule has 2 saturated heterocycles. The SMILES string of the molecule is CC(C)[C@@H]1COC(=O)N1c1ccc(CC2CCNCC2)cn1. The van der Waals surface area contributed by atoms with E-state index in [2.05, 4.69) is 30.2 Å². The van der Waals surface area contributed by atoms with Crippen LogP contribution in [-0.4, -0.2) is 36.8 Å². The lowest BCUT2D eigenvalue weighted by Gasteiger charge is -2.24. The molecule has 5 nitrogen and oxygen atoms in total. The highest BCUT2D eigenvalue weighted by atomic mass is 16.6. The summed E-state index contributed by atoms with van der Waals surface area (Å²) >= 11 is 0. The minimum atomic E-state index is -0.280. The first-order valence-electron chi connectivity index (χ1n) is 8.27. The fourth-order valence-electron chi connectivity index (χ4n) is 3.29. The fraction of sp³-hybridized carbons (Fsp3) is 0.647. The highest BCUT2D eigenvalue weighted by Crippen LogP contribution is 2.26. The Kier molecular flexibility index (Phi) is 4.62. The lowest BCUT2D eigenvalue weighted by atomic mass is 9.92. The highest BCUT2D eigenvalue weighted by Gasteiger charge is 2.36. The summed E-state index contributed by atoms with van der Waals surface area (Å²) in [7, 11) is 0. The van der Waals surface area contributed by atoms with Gasteiger partial charge in [0.2, 0.25) is 0 Å². The maximum Gasteiger partial charge on any atom is 0.415 e. The third kappa shape index (κ3) is 3.24. The molecule has 1 atom stereocenters. The number of cyclic esters (lactones) is 1. The Labute approximate surface area is 132 Å². The summed E-state index contributed by atoms with van der Waals surface area (Å²) in [5.74, 6) is 1.80. The number of amides is 1. The molecule has 0 aliphatic carbocycles. The molecule has 0 saturated carbocycles. The van der Waals surface area contributed by atoms with E-state index in [-0.39, 0.29) is 12.1 Å². The molecule has 5 heteroatoms. The van der Waals surface area contributed by atoms with Gasteiger partial charge in [0.15, 0.2) is 0 Å². The first-order valence-corrected chi connectivity index (χ1v) is 8.27. The number of aromatic nitrogens is 1. The van der Waals surface area contributed by atoms with E-state index in [0.29, 0.717) is 18.3 Å². The van der Waals surface area contributed by atoms with Crippen LogP contribution in [0.2, 0.25) is 0 Å². The number of rotatable bonds is 4. The van der Waals surface area contributed by atoms with Crippen LogP contribution >= 0.6 is 0 Å². The summed E-state index contributed by atoms with van der Waals surface area (Å²) < 4.78 is 5.19. The third-order valence-electron chi connectivity index (χ3n) is 4.71. The van der Waals surface area contributed by atoms with Crippen molar-refractivity contribution in [3.63, 3.8) is 0 Å². The molecule has 120 valence electrons. The predicted molar refractivity (Wildman–Crippen MR) is 86.0 cm³/mol. The van der Waals surface area contributed by atoms with Crippen LogP contribution in [0.25, 0.3) is 0 Å². The van der Waals surface area contributed by atoms with Crippen molar-refractivity contribution < 1.29 is 9.53 Å². The van der Waals surface area contributed by atoms with Crippen molar-refractivity contribution in [2.45, 2.75) is 39.2 Å². The molecule has 1 aromatic heterocycles. The smallest absolute Gasteiger partial charge is 0.415 e. The molecule has 0 radical (unpaired) electrons. The van der Waals surface area contributed by atoms with E-state index in [4.69, 9.17) is 4.74 Å². The van der Waals surface area contributed by atoms with Crippen LogP contribution in [0.3, 0.4) is 0 Å². The van der Waals surface area contributed by atoms with Gasteiger partial charge in [-0.15, -0.1) is 0 Å². The van der Waals surface area contributed by atoms with Crippen LogP contribution in [0.1, 0.15) is 32.3 Å². The van der Waals surface area contributed by atoms with E-state index < -0.39 is 0 Å². The van der Waals surface area contributed by atoms with Gasteiger partial charge in [0.05, 0.1) is 6.04 Å². The van der Waals surface area contributed by atoms with Crippen LogP contribution in [0, 0.1) is 11.8 Å². The number of carbonyl (C=O) groups excluding carboxylic acids is 1. The number of piperidine rings is 1. The zero-order valence-electron chi connectivity index (χ0n) is 13.4. The number of nitrogens with one attached hydrogen (secondary N) is 1. The van der Waals surface area contributed by atoms with E-state index >= 15 is 0 Å². The standard InChI is InChI=1S/C17H25N3O2/c1-12(2)15-11-22-17(21)20(15)16-4-3-14(10-19-16)9-13-5-7-18-8-6-13/h3-4,10,12-13,15,18H,5-9,11H2,1-2H3/t15-/m0/s1. The van der Waals surface area contributed by atoms with Crippen molar-refractivity contribution in [3.05, 3.63) is 23.9 Å². The van der Waals surface area contributed by atoms with Crippen LogP contribution in [0.4, 0.5) is 10.6 Å². The van der Waals surface area contributed by atoms with Crippen molar-refractivity contribution in [1.82, 2.24) is 10.3 Å². The molecule has 0 aromatic carbocycles. The number of anilines is 1. The number of carbonyl (C=O) groups is 1. The minimum Gasteiger partial charge on any atom is -0.447 e. The maximum atomic E-state index is 11.9. The lowest BCUT2D eigenvalue weighted by Crippen LogP contribution is -2.37. The van der Waals surface area contributed by atoms with Crippen molar-refractivity contribution in [2.75, 3.05) is 24.6 Å². The zero-order valence-corrected chi connectivity index (χ0v) is 13.4. The number of pyridine rings is 1. The quantitative estimate of drug-likeness (QED) is 0.929. The molecule has 0 bridgehead atoms. The number of hydrogen-bond donors (Lipinski definition) is 1. The molecule has 1 N–H and O–H groups in total. The Morgan fingerprint density at radius 1 is 1.36 bits per heavy atom. The molecule has 3 heterocycles. The first kappa shape index (κ1) is 15.3. The van der Waals surface area contributed by atoms with E-state index in [1.165, 1.54) is 18.4 Å². The lowest BCUT2D eigenvalue weighted by molar-refractivity contribution is 0.177. The van der Waals surface area contributed by atoms with Gasteiger partial charge in [0.25, 0.3) is 0 Å². The van der Waals surface area contributed by atoms with Gasteiger partial charge >= 0.3 is 6.09 Å². The number of nitrogens with zero attached hydrogens (tertiary/aromatic N) is 2. The van der Waals surface area contributed by atoms with Gasteiger partial charge in [-0.05, 0) is 55.8 Å². The van der Waals surface area contributed by atoms with Crippen LogP contribution in [-0.2, 0) is 11.2 Å². The van der Waals surface area contributed by atoms with Gasteiger partial charge in [-0.2, -0.15) is 0 Å². The van der Waals surface area contributed by atoms with Crippen molar-refractivity contribution in [3.8, 4) is 0 Å². The van der Waals surface area contributed by atoms with Gasteiger partial charge in [0, 0.05) is 6.20 Å². The molecule has 0 spiro atoms. The number of ether oxygens (including phenoxy) is 1.